The Morgan fingerprint density at radius 1 is 1.20 bits per heavy atom. The highest BCUT2D eigenvalue weighted by molar-refractivity contribution is 5.14. The standard InChI is InChI=1S/C13H19NO/c15-14-11-5-4-8-13(14)10-9-12-6-2-1-3-7-12/h1-3,6-7,13,15H,4-5,8-11H2. The molecule has 1 unspecified atom stereocenters. The molecule has 0 saturated carbocycles. The maximum Gasteiger partial charge on any atom is 0.0353 e. The second-order valence-corrected chi connectivity index (χ2v) is 4.34. The Bertz CT molecular complexity index is 286. The topological polar surface area (TPSA) is 23.5 Å². The Kier molecular flexibility index (Phi) is 3.75. The average Bonchev–Trinajstić information content (AvgIpc) is 2.29. The monoisotopic (exact) mass is 205 g/mol. The Labute approximate surface area is 91.5 Å². The predicted molar refractivity (Wildman–Crippen MR) is 60.9 cm³/mol. The molecule has 0 aliphatic carbocycles. The lowest BCUT2D eigenvalue weighted by Crippen LogP contribution is -2.36. The van der Waals surface area contributed by atoms with Crippen LogP contribution >= 0.6 is 0 Å². The fraction of sp³-hybridized carbons (Fsp3) is 0.538. The van der Waals surface area contributed by atoms with Gasteiger partial charge in [0.15, 0.2) is 0 Å². The van der Waals surface area contributed by atoms with Crippen LogP contribution in [0.15, 0.2) is 30.3 Å². The fourth-order valence-corrected chi connectivity index (χ4v) is 2.26. The lowest BCUT2D eigenvalue weighted by molar-refractivity contribution is -0.143. The van der Waals surface area contributed by atoms with Gasteiger partial charge in [0, 0.05) is 12.6 Å². The molecule has 0 amide bonds. The molecule has 2 heteroatoms. The van der Waals surface area contributed by atoms with Crippen LogP contribution in [0.2, 0.25) is 0 Å². The Balaban J connectivity index is 1.82. The van der Waals surface area contributed by atoms with Crippen LogP contribution in [-0.2, 0) is 6.42 Å². The van der Waals surface area contributed by atoms with Crippen molar-refractivity contribution in [1.29, 1.82) is 0 Å². The number of hydroxylamine groups is 2. The molecule has 1 atom stereocenters. The number of benzene rings is 1. The summed E-state index contributed by atoms with van der Waals surface area (Å²) in [6, 6.07) is 10.9. The molecular weight excluding hydrogens is 186 g/mol. The molecule has 1 N–H and O–H groups in total. The summed E-state index contributed by atoms with van der Waals surface area (Å²) in [5.74, 6) is 0. The summed E-state index contributed by atoms with van der Waals surface area (Å²) < 4.78 is 0. The molecule has 1 fully saturated rings. The molecule has 1 aromatic carbocycles. The van der Waals surface area contributed by atoms with Gasteiger partial charge in [0.25, 0.3) is 0 Å². The van der Waals surface area contributed by atoms with Gasteiger partial charge in [-0.15, -0.1) is 0 Å². The van der Waals surface area contributed by atoms with E-state index in [9.17, 15) is 5.21 Å². The van der Waals surface area contributed by atoms with Crippen LogP contribution in [0.1, 0.15) is 31.2 Å². The minimum atomic E-state index is 0.374. The van der Waals surface area contributed by atoms with E-state index in [4.69, 9.17) is 0 Å². The van der Waals surface area contributed by atoms with Crippen molar-refractivity contribution in [2.45, 2.75) is 38.1 Å². The first-order chi connectivity index (χ1) is 7.36. The second kappa shape index (κ2) is 5.29. The summed E-state index contributed by atoms with van der Waals surface area (Å²) in [5, 5.41) is 11.2. The van der Waals surface area contributed by atoms with Crippen molar-refractivity contribution in [3.8, 4) is 0 Å². The minimum absolute atomic E-state index is 0.374. The molecule has 1 aromatic rings. The molecule has 2 nitrogen and oxygen atoms in total. The van der Waals surface area contributed by atoms with Crippen molar-refractivity contribution in [3.05, 3.63) is 35.9 Å². The smallest absolute Gasteiger partial charge is 0.0353 e. The Hall–Kier alpha value is -0.860. The zero-order valence-electron chi connectivity index (χ0n) is 9.10. The quantitative estimate of drug-likeness (QED) is 0.820. The molecule has 0 aromatic heterocycles. The van der Waals surface area contributed by atoms with Gasteiger partial charge >= 0.3 is 0 Å². The summed E-state index contributed by atoms with van der Waals surface area (Å²) in [4.78, 5) is 0. The van der Waals surface area contributed by atoms with Crippen LogP contribution in [0, 0.1) is 0 Å². The Morgan fingerprint density at radius 3 is 2.73 bits per heavy atom. The fourth-order valence-electron chi connectivity index (χ4n) is 2.26. The van der Waals surface area contributed by atoms with Crippen LogP contribution in [0.5, 0.6) is 0 Å². The average molecular weight is 205 g/mol. The van der Waals surface area contributed by atoms with Crippen LogP contribution in [0.4, 0.5) is 0 Å². The van der Waals surface area contributed by atoms with Crippen molar-refractivity contribution in [1.82, 2.24) is 5.06 Å². The van der Waals surface area contributed by atoms with Gasteiger partial charge in [0.1, 0.15) is 0 Å². The van der Waals surface area contributed by atoms with Crippen molar-refractivity contribution in [2.75, 3.05) is 6.54 Å². The highest BCUT2D eigenvalue weighted by Gasteiger charge is 2.19. The first kappa shape index (κ1) is 10.7. The highest BCUT2D eigenvalue weighted by atomic mass is 16.5. The van der Waals surface area contributed by atoms with Gasteiger partial charge in [-0.1, -0.05) is 36.8 Å². The van der Waals surface area contributed by atoms with E-state index in [0.29, 0.717) is 6.04 Å². The van der Waals surface area contributed by atoms with Crippen LogP contribution < -0.4 is 0 Å². The molecule has 1 aliphatic rings. The molecule has 1 saturated heterocycles. The largest absolute Gasteiger partial charge is 0.314 e. The third kappa shape index (κ3) is 3.05. The molecule has 1 heterocycles. The van der Waals surface area contributed by atoms with E-state index in [-0.39, 0.29) is 0 Å². The van der Waals surface area contributed by atoms with E-state index in [1.807, 2.05) is 6.07 Å². The molecule has 2 rings (SSSR count). The maximum absolute atomic E-state index is 9.68. The maximum atomic E-state index is 9.68. The highest BCUT2D eigenvalue weighted by Crippen LogP contribution is 2.19. The third-order valence-electron chi connectivity index (χ3n) is 3.21. The Morgan fingerprint density at radius 2 is 2.00 bits per heavy atom. The van der Waals surface area contributed by atoms with Crippen molar-refractivity contribution >= 4 is 0 Å². The molecule has 0 spiro atoms. The predicted octanol–water partition coefficient (Wildman–Crippen LogP) is 2.86. The normalized spacial score (nSPS) is 22.9. The lowest BCUT2D eigenvalue weighted by atomic mass is 9.97. The first-order valence-corrected chi connectivity index (χ1v) is 5.86. The zero-order valence-corrected chi connectivity index (χ0v) is 9.10. The molecule has 15 heavy (non-hydrogen) atoms. The number of aryl methyl sites for hydroxylation is 1. The summed E-state index contributed by atoms with van der Waals surface area (Å²) in [6.45, 7) is 0.847. The summed E-state index contributed by atoms with van der Waals surface area (Å²) >= 11 is 0. The van der Waals surface area contributed by atoms with Gasteiger partial charge in [-0.05, 0) is 31.2 Å². The van der Waals surface area contributed by atoms with Crippen LogP contribution in [-0.4, -0.2) is 22.9 Å². The minimum Gasteiger partial charge on any atom is -0.314 e. The van der Waals surface area contributed by atoms with Crippen molar-refractivity contribution in [3.63, 3.8) is 0 Å². The third-order valence-corrected chi connectivity index (χ3v) is 3.21. The summed E-state index contributed by atoms with van der Waals surface area (Å²) in [6.07, 6.45) is 5.68. The van der Waals surface area contributed by atoms with E-state index in [0.717, 1.165) is 32.2 Å². The number of hydrogen-bond acceptors (Lipinski definition) is 2. The van der Waals surface area contributed by atoms with Crippen LogP contribution in [0.25, 0.3) is 0 Å². The van der Waals surface area contributed by atoms with E-state index in [1.165, 1.54) is 17.0 Å². The molecule has 0 bridgehead atoms. The van der Waals surface area contributed by atoms with E-state index in [2.05, 4.69) is 24.3 Å². The number of rotatable bonds is 3. The van der Waals surface area contributed by atoms with Crippen LogP contribution in [0.3, 0.4) is 0 Å². The van der Waals surface area contributed by atoms with Gasteiger partial charge in [-0.25, -0.2) is 0 Å². The molecule has 0 radical (unpaired) electrons. The van der Waals surface area contributed by atoms with E-state index >= 15 is 0 Å². The van der Waals surface area contributed by atoms with Gasteiger partial charge in [-0.3, -0.25) is 0 Å². The summed E-state index contributed by atoms with van der Waals surface area (Å²) in [7, 11) is 0. The SMILES string of the molecule is ON1CCCCC1CCc1ccccc1. The molecule has 1 aliphatic heterocycles. The van der Waals surface area contributed by atoms with Gasteiger partial charge in [-0.2, -0.15) is 5.06 Å². The zero-order chi connectivity index (χ0) is 10.5. The first-order valence-electron chi connectivity index (χ1n) is 5.86. The summed E-state index contributed by atoms with van der Waals surface area (Å²) in [5.41, 5.74) is 1.37. The van der Waals surface area contributed by atoms with E-state index < -0.39 is 0 Å². The molecule has 82 valence electrons. The van der Waals surface area contributed by atoms with Crippen molar-refractivity contribution < 1.29 is 5.21 Å². The van der Waals surface area contributed by atoms with Gasteiger partial charge in [0.2, 0.25) is 0 Å². The van der Waals surface area contributed by atoms with Gasteiger partial charge < -0.3 is 5.21 Å². The number of hydrogen-bond donors (Lipinski definition) is 1. The number of nitrogens with zero attached hydrogens (tertiary/aromatic N) is 1. The second-order valence-electron chi connectivity index (χ2n) is 4.34. The van der Waals surface area contributed by atoms with Crippen molar-refractivity contribution in [2.24, 2.45) is 0 Å². The molecular formula is C13H19NO. The van der Waals surface area contributed by atoms with E-state index in [1.54, 1.807) is 0 Å². The lowest BCUT2D eigenvalue weighted by Gasteiger charge is -2.30. The number of piperidine rings is 1. The van der Waals surface area contributed by atoms with Gasteiger partial charge in [0.05, 0.1) is 0 Å².